The molecule has 0 bridgehead atoms. The molecule has 1 fully saturated rings. The van der Waals surface area contributed by atoms with E-state index in [1.807, 2.05) is 0 Å². The number of aryl methyl sites for hydroxylation is 1. The summed E-state index contributed by atoms with van der Waals surface area (Å²) in [6.45, 7) is 4.50. The molecule has 0 unspecified atom stereocenters. The first-order chi connectivity index (χ1) is 8.46. The molecule has 0 atom stereocenters. The fourth-order valence-electron chi connectivity index (χ4n) is 2.27. The van der Waals surface area contributed by atoms with E-state index in [2.05, 4.69) is 17.1 Å². The number of aromatic amines is 1. The zero-order valence-electron chi connectivity index (χ0n) is 10.7. The van der Waals surface area contributed by atoms with E-state index in [0.717, 1.165) is 12.8 Å². The Kier molecular flexibility index (Phi) is 3.74. The smallest absolute Gasteiger partial charge is 0.246 e. The van der Waals surface area contributed by atoms with Gasteiger partial charge in [-0.15, -0.1) is 0 Å². The Hall–Kier alpha value is -0.920. The van der Waals surface area contributed by atoms with Crippen LogP contribution < -0.4 is 0 Å². The van der Waals surface area contributed by atoms with Gasteiger partial charge in [0.05, 0.1) is 12.3 Å². The third-order valence-electron chi connectivity index (χ3n) is 3.45. The number of nitrogens with one attached hydrogen (secondary N) is 1. The maximum Gasteiger partial charge on any atom is 0.246 e. The molecular weight excluding hydrogens is 254 g/mol. The predicted molar refractivity (Wildman–Crippen MR) is 66.4 cm³/mol. The van der Waals surface area contributed by atoms with Crippen LogP contribution in [0.2, 0.25) is 0 Å². The Balaban J connectivity index is 2.33. The lowest BCUT2D eigenvalue weighted by Crippen LogP contribution is -2.38. The summed E-state index contributed by atoms with van der Waals surface area (Å²) < 4.78 is 26.5. The van der Waals surface area contributed by atoms with Crippen molar-refractivity contribution < 1.29 is 13.5 Å². The minimum absolute atomic E-state index is 0.138. The molecule has 0 saturated carbocycles. The first kappa shape index (κ1) is 13.5. The number of hydrogen-bond acceptors (Lipinski definition) is 4. The van der Waals surface area contributed by atoms with Crippen molar-refractivity contribution in [2.75, 3.05) is 13.1 Å². The van der Waals surface area contributed by atoms with E-state index in [4.69, 9.17) is 0 Å². The lowest BCUT2D eigenvalue weighted by Gasteiger charge is -2.29. The average molecular weight is 273 g/mol. The molecular formula is C11H19N3O3S. The van der Waals surface area contributed by atoms with E-state index < -0.39 is 10.0 Å². The summed E-state index contributed by atoms with van der Waals surface area (Å²) in [5.74, 6) is 0.569. The molecule has 1 aliphatic rings. The average Bonchev–Trinajstić information content (AvgIpc) is 2.71. The van der Waals surface area contributed by atoms with Crippen LogP contribution in [0.25, 0.3) is 0 Å². The summed E-state index contributed by atoms with van der Waals surface area (Å²) in [6.07, 6.45) is 1.76. The van der Waals surface area contributed by atoms with E-state index in [0.29, 0.717) is 24.7 Å². The third-order valence-corrected chi connectivity index (χ3v) is 5.55. The summed E-state index contributed by atoms with van der Waals surface area (Å²) in [5, 5.41) is 15.6. The van der Waals surface area contributed by atoms with Crippen molar-refractivity contribution in [3.8, 4) is 0 Å². The van der Waals surface area contributed by atoms with Crippen LogP contribution >= 0.6 is 0 Å². The number of aliphatic hydroxyl groups excluding tert-OH is 1. The molecule has 18 heavy (non-hydrogen) atoms. The van der Waals surface area contributed by atoms with Crippen molar-refractivity contribution in [2.24, 2.45) is 5.92 Å². The largest absolute Gasteiger partial charge is 0.390 e. The van der Waals surface area contributed by atoms with Crippen LogP contribution in [-0.2, 0) is 16.6 Å². The molecule has 0 spiro atoms. The van der Waals surface area contributed by atoms with Gasteiger partial charge in [0.2, 0.25) is 10.0 Å². The van der Waals surface area contributed by atoms with E-state index in [9.17, 15) is 13.5 Å². The van der Waals surface area contributed by atoms with E-state index in [-0.39, 0.29) is 17.2 Å². The van der Waals surface area contributed by atoms with Gasteiger partial charge < -0.3 is 5.11 Å². The third kappa shape index (κ3) is 2.30. The molecule has 7 heteroatoms. The standard InChI is InChI=1S/C11H19N3O3S/c1-8-3-5-14(6-4-8)18(16,17)11-9(2)12-13-10(11)7-15/h8,15H,3-7H2,1-2H3,(H,12,13). The van der Waals surface area contributed by atoms with Crippen molar-refractivity contribution in [3.05, 3.63) is 11.4 Å². The van der Waals surface area contributed by atoms with Gasteiger partial charge in [0.1, 0.15) is 10.6 Å². The Bertz CT molecular complexity index is 516. The number of aliphatic hydroxyl groups is 1. The number of piperidine rings is 1. The van der Waals surface area contributed by atoms with Crippen LogP contribution in [0.5, 0.6) is 0 Å². The predicted octanol–water partition coefficient (Wildman–Crippen LogP) is 0.631. The SMILES string of the molecule is Cc1[nH]nc(CO)c1S(=O)(=O)N1CCC(C)CC1. The highest BCUT2D eigenvalue weighted by Gasteiger charge is 2.32. The number of H-pyrrole nitrogens is 1. The minimum atomic E-state index is -3.54. The van der Waals surface area contributed by atoms with Crippen LogP contribution in [0.4, 0.5) is 0 Å². The molecule has 0 aromatic carbocycles. The van der Waals surface area contributed by atoms with Crippen LogP contribution in [0.1, 0.15) is 31.2 Å². The van der Waals surface area contributed by atoms with E-state index in [1.54, 1.807) is 6.92 Å². The minimum Gasteiger partial charge on any atom is -0.390 e. The van der Waals surface area contributed by atoms with Gasteiger partial charge in [0.15, 0.2) is 0 Å². The van der Waals surface area contributed by atoms with Gasteiger partial charge in [0.25, 0.3) is 0 Å². The molecule has 102 valence electrons. The lowest BCUT2D eigenvalue weighted by molar-refractivity contribution is 0.270. The molecule has 6 nitrogen and oxygen atoms in total. The summed E-state index contributed by atoms with van der Waals surface area (Å²) in [4.78, 5) is 0.138. The fourth-order valence-corrected chi connectivity index (χ4v) is 4.06. The maximum atomic E-state index is 12.5. The lowest BCUT2D eigenvalue weighted by atomic mass is 10.0. The molecule has 1 aromatic heterocycles. The number of rotatable bonds is 3. The van der Waals surface area contributed by atoms with Crippen molar-refractivity contribution in [2.45, 2.75) is 38.2 Å². The zero-order chi connectivity index (χ0) is 13.3. The van der Waals surface area contributed by atoms with Crippen LogP contribution in [-0.4, -0.2) is 41.1 Å². The zero-order valence-corrected chi connectivity index (χ0v) is 11.5. The Morgan fingerprint density at radius 3 is 2.61 bits per heavy atom. The Morgan fingerprint density at radius 1 is 1.44 bits per heavy atom. The maximum absolute atomic E-state index is 12.5. The number of sulfonamides is 1. The molecule has 2 heterocycles. The van der Waals surface area contributed by atoms with Crippen molar-refractivity contribution in [3.63, 3.8) is 0 Å². The van der Waals surface area contributed by atoms with Gasteiger partial charge in [0, 0.05) is 13.1 Å². The fraction of sp³-hybridized carbons (Fsp3) is 0.727. The second kappa shape index (κ2) is 4.99. The quantitative estimate of drug-likeness (QED) is 0.845. The molecule has 0 radical (unpaired) electrons. The summed E-state index contributed by atoms with van der Waals surface area (Å²) in [5.41, 5.74) is 0.684. The van der Waals surface area contributed by atoms with Gasteiger partial charge in [-0.25, -0.2) is 8.42 Å². The number of hydrogen-bond donors (Lipinski definition) is 2. The highest BCUT2D eigenvalue weighted by molar-refractivity contribution is 7.89. The first-order valence-electron chi connectivity index (χ1n) is 6.11. The summed E-state index contributed by atoms with van der Waals surface area (Å²) >= 11 is 0. The molecule has 1 saturated heterocycles. The van der Waals surface area contributed by atoms with Crippen LogP contribution in [0.3, 0.4) is 0 Å². The molecule has 0 amide bonds. The Morgan fingerprint density at radius 2 is 2.06 bits per heavy atom. The van der Waals surface area contributed by atoms with Gasteiger partial charge in [-0.2, -0.15) is 9.40 Å². The second-order valence-electron chi connectivity index (χ2n) is 4.87. The van der Waals surface area contributed by atoms with Crippen LogP contribution in [0, 0.1) is 12.8 Å². The second-order valence-corrected chi connectivity index (χ2v) is 6.74. The highest BCUT2D eigenvalue weighted by atomic mass is 32.2. The Labute approximate surface area is 107 Å². The van der Waals surface area contributed by atoms with Crippen LogP contribution in [0.15, 0.2) is 4.90 Å². The topological polar surface area (TPSA) is 86.3 Å². The monoisotopic (exact) mass is 273 g/mol. The van der Waals surface area contributed by atoms with Crippen molar-refractivity contribution >= 4 is 10.0 Å². The van der Waals surface area contributed by atoms with Gasteiger partial charge in [-0.05, 0) is 25.7 Å². The summed E-state index contributed by atoms with van der Waals surface area (Å²) in [6, 6.07) is 0. The first-order valence-corrected chi connectivity index (χ1v) is 7.55. The van der Waals surface area contributed by atoms with Gasteiger partial charge >= 0.3 is 0 Å². The molecule has 1 aliphatic heterocycles. The highest BCUT2D eigenvalue weighted by Crippen LogP contribution is 2.26. The number of aromatic nitrogens is 2. The van der Waals surface area contributed by atoms with Gasteiger partial charge in [-0.1, -0.05) is 6.92 Å². The van der Waals surface area contributed by atoms with Gasteiger partial charge in [-0.3, -0.25) is 5.10 Å². The van der Waals surface area contributed by atoms with E-state index in [1.165, 1.54) is 4.31 Å². The molecule has 0 aliphatic carbocycles. The molecule has 2 N–H and O–H groups in total. The molecule has 1 aromatic rings. The summed E-state index contributed by atoms with van der Waals surface area (Å²) in [7, 11) is -3.54. The normalized spacial score (nSPS) is 19.3. The van der Waals surface area contributed by atoms with E-state index >= 15 is 0 Å². The molecule has 2 rings (SSSR count). The van der Waals surface area contributed by atoms with Crippen molar-refractivity contribution in [1.29, 1.82) is 0 Å². The number of nitrogens with zero attached hydrogens (tertiary/aromatic N) is 2. The van der Waals surface area contributed by atoms with Crippen molar-refractivity contribution in [1.82, 2.24) is 14.5 Å².